The number of halogens is 1. The van der Waals surface area contributed by atoms with Crippen molar-refractivity contribution in [1.29, 1.82) is 0 Å². The summed E-state index contributed by atoms with van der Waals surface area (Å²) in [7, 11) is 1.89. The van der Waals surface area contributed by atoms with Crippen LogP contribution in [0.3, 0.4) is 0 Å². The smallest absolute Gasteiger partial charge is 0.131 e. The second-order valence-corrected chi connectivity index (χ2v) is 6.33. The highest BCUT2D eigenvalue weighted by Gasteiger charge is 2.31. The Morgan fingerprint density at radius 2 is 2.21 bits per heavy atom. The lowest BCUT2D eigenvalue weighted by atomic mass is 9.82. The van der Waals surface area contributed by atoms with Gasteiger partial charge < -0.3 is 5.11 Å². The van der Waals surface area contributed by atoms with Crippen LogP contribution >= 0.6 is 11.6 Å². The van der Waals surface area contributed by atoms with E-state index in [1.165, 1.54) is 0 Å². The molecule has 1 aliphatic heterocycles. The van der Waals surface area contributed by atoms with Crippen molar-refractivity contribution >= 4 is 11.6 Å². The Morgan fingerprint density at radius 3 is 2.84 bits per heavy atom. The quantitative estimate of drug-likeness (QED) is 0.922. The Labute approximate surface area is 120 Å². The van der Waals surface area contributed by atoms with Crippen LogP contribution in [0, 0.1) is 5.41 Å². The first-order valence-electron chi connectivity index (χ1n) is 7.02. The zero-order valence-electron chi connectivity index (χ0n) is 12.1. The molecule has 0 aliphatic carbocycles. The SMILES string of the molecule is CCc1nn(C)c(Cl)c1CN1CCCC(C)(CO)C1. The standard InChI is InChI=1S/C14H24ClN3O/c1-4-12-11(13(15)17(3)16-12)8-18-7-5-6-14(2,9-18)10-19/h19H,4-10H2,1-3H3. The second-order valence-electron chi connectivity index (χ2n) is 5.98. The molecule has 0 saturated carbocycles. The Kier molecular flexibility index (Phi) is 4.54. The molecule has 1 unspecified atom stereocenters. The maximum absolute atomic E-state index is 9.52. The van der Waals surface area contributed by atoms with Gasteiger partial charge in [0.25, 0.3) is 0 Å². The molecule has 0 aromatic carbocycles. The topological polar surface area (TPSA) is 41.3 Å². The van der Waals surface area contributed by atoms with Gasteiger partial charge in [0.1, 0.15) is 5.15 Å². The van der Waals surface area contributed by atoms with Crippen molar-refractivity contribution in [2.24, 2.45) is 12.5 Å². The molecule has 1 saturated heterocycles. The summed E-state index contributed by atoms with van der Waals surface area (Å²) in [5.41, 5.74) is 2.26. The highest BCUT2D eigenvalue weighted by molar-refractivity contribution is 6.30. The molecule has 2 rings (SSSR count). The molecular formula is C14H24ClN3O. The van der Waals surface area contributed by atoms with Crippen LogP contribution in [0.5, 0.6) is 0 Å². The van der Waals surface area contributed by atoms with E-state index in [0.717, 1.165) is 55.3 Å². The van der Waals surface area contributed by atoms with E-state index in [2.05, 4.69) is 23.8 Å². The highest BCUT2D eigenvalue weighted by Crippen LogP contribution is 2.31. The van der Waals surface area contributed by atoms with Gasteiger partial charge in [-0.25, -0.2) is 0 Å². The van der Waals surface area contributed by atoms with Crippen LogP contribution in [-0.4, -0.2) is 39.5 Å². The van der Waals surface area contributed by atoms with E-state index in [1.54, 1.807) is 4.68 Å². The summed E-state index contributed by atoms with van der Waals surface area (Å²) < 4.78 is 1.75. The summed E-state index contributed by atoms with van der Waals surface area (Å²) >= 11 is 6.34. The van der Waals surface area contributed by atoms with E-state index in [9.17, 15) is 5.11 Å². The first kappa shape index (κ1) is 14.8. The zero-order valence-corrected chi connectivity index (χ0v) is 12.9. The van der Waals surface area contributed by atoms with Crippen LogP contribution in [0.2, 0.25) is 5.15 Å². The molecule has 1 aromatic heterocycles. The van der Waals surface area contributed by atoms with E-state index in [-0.39, 0.29) is 12.0 Å². The molecular weight excluding hydrogens is 262 g/mol. The lowest BCUT2D eigenvalue weighted by molar-refractivity contribution is 0.0428. The number of aromatic nitrogens is 2. The van der Waals surface area contributed by atoms with Gasteiger partial charge in [-0.1, -0.05) is 25.4 Å². The van der Waals surface area contributed by atoms with Gasteiger partial charge in [-0.2, -0.15) is 5.10 Å². The molecule has 1 N–H and O–H groups in total. The van der Waals surface area contributed by atoms with Crippen molar-refractivity contribution in [2.75, 3.05) is 19.7 Å². The first-order chi connectivity index (χ1) is 8.99. The number of hydrogen-bond donors (Lipinski definition) is 1. The highest BCUT2D eigenvalue weighted by atomic mass is 35.5. The third-order valence-corrected chi connectivity index (χ3v) is 4.58. The van der Waals surface area contributed by atoms with Gasteiger partial charge in [-0.3, -0.25) is 9.58 Å². The fraction of sp³-hybridized carbons (Fsp3) is 0.786. The van der Waals surface area contributed by atoms with Crippen LogP contribution in [0.15, 0.2) is 0 Å². The molecule has 4 nitrogen and oxygen atoms in total. The number of piperidine rings is 1. The van der Waals surface area contributed by atoms with E-state index in [4.69, 9.17) is 11.6 Å². The largest absolute Gasteiger partial charge is 0.396 e. The van der Waals surface area contributed by atoms with Crippen molar-refractivity contribution < 1.29 is 5.11 Å². The lowest BCUT2D eigenvalue weighted by Crippen LogP contribution is -2.43. The van der Waals surface area contributed by atoms with E-state index >= 15 is 0 Å². The monoisotopic (exact) mass is 285 g/mol. The lowest BCUT2D eigenvalue weighted by Gasteiger charge is -2.39. The molecule has 0 radical (unpaired) electrons. The first-order valence-corrected chi connectivity index (χ1v) is 7.40. The van der Waals surface area contributed by atoms with Gasteiger partial charge in [0.15, 0.2) is 0 Å². The second kappa shape index (κ2) is 5.81. The molecule has 108 valence electrons. The molecule has 2 heterocycles. The summed E-state index contributed by atoms with van der Waals surface area (Å²) in [6, 6.07) is 0. The van der Waals surface area contributed by atoms with Gasteiger partial charge in [-0.05, 0) is 25.8 Å². The Bertz CT molecular complexity index is 446. The molecule has 0 amide bonds. The molecule has 0 spiro atoms. The number of aryl methyl sites for hydroxylation is 2. The van der Waals surface area contributed by atoms with Gasteiger partial charge in [0.05, 0.1) is 5.69 Å². The summed E-state index contributed by atoms with van der Waals surface area (Å²) in [6.07, 6.45) is 3.14. The van der Waals surface area contributed by atoms with Crippen molar-refractivity contribution in [3.63, 3.8) is 0 Å². The Hall–Kier alpha value is -0.580. The maximum atomic E-state index is 9.52. The van der Waals surface area contributed by atoms with Crippen LogP contribution < -0.4 is 0 Å². The summed E-state index contributed by atoms with van der Waals surface area (Å²) in [5, 5.41) is 14.7. The van der Waals surface area contributed by atoms with Gasteiger partial charge >= 0.3 is 0 Å². The number of aliphatic hydroxyl groups is 1. The number of rotatable bonds is 4. The van der Waals surface area contributed by atoms with Crippen molar-refractivity contribution in [3.05, 3.63) is 16.4 Å². The fourth-order valence-corrected chi connectivity index (χ4v) is 3.16. The summed E-state index contributed by atoms with van der Waals surface area (Å²) in [5.74, 6) is 0. The number of likely N-dealkylation sites (tertiary alicyclic amines) is 1. The van der Waals surface area contributed by atoms with E-state index in [0.29, 0.717) is 0 Å². The van der Waals surface area contributed by atoms with Gasteiger partial charge in [-0.15, -0.1) is 0 Å². The maximum Gasteiger partial charge on any atom is 0.131 e. The predicted octanol–water partition coefficient (Wildman–Crippen LogP) is 2.23. The average Bonchev–Trinajstić information content (AvgIpc) is 2.67. The van der Waals surface area contributed by atoms with Crippen LogP contribution in [0.25, 0.3) is 0 Å². The normalized spacial score (nSPS) is 24.9. The van der Waals surface area contributed by atoms with Crippen molar-refractivity contribution in [3.8, 4) is 0 Å². The molecule has 0 bridgehead atoms. The number of hydrogen-bond acceptors (Lipinski definition) is 3. The molecule has 19 heavy (non-hydrogen) atoms. The molecule has 1 aliphatic rings. The minimum atomic E-state index is 0.0271. The van der Waals surface area contributed by atoms with Crippen LogP contribution in [-0.2, 0) is 20.0 Å². The molecule has 5 heteroatoms. The Morgan fingerprint density at radius 1 is 1.47 bits per heavy atom. The zero-order chi connectivity index (χ0) is 14.0. The van der Waals surface area contributed by atoms with Crippen LogP contribution in [0.1, 0.15) is 37.9 Å². The van der Waals surface area contributed by atoms with E-state index < -0.39 is 0 Å². The average molecular weight is 286 g/mol. The minimum absolute atomic E-state index is 0.0271. The number of aliphatic hydroxyl groups excluding tert-OH is 1. The Balaban J connectivity index is 2.13. The van der Waals surface area contributed by atoms with E-state index in [1.807, 2.05) is 7.05 Å². The summed E-state index contributed by atoms with van der Waals surface area (Å²) in [4.78, 5) is 2.39. The van der Waals surface area contributed by atoms with Crippen molar-refractivity contribution in [1.82, 2.24) is 14.7 Å². The third kappa shape index (κ3) is 3.12. The third-order valence-electron chi connectivity index (χ3n) is 4.11. The summed E-state index contributed by atoms with van der Waals surface area (Å²) in [6.45, 7) is 7.36. The molecule has 1 aromatic rings. The van der Waals surface area contributed by atoms with Crippen LogP contribution in [0.4, 0.5) is 0 Å². The molecule has 1 atom stereocenters. The minimum Gasteiger partial charge on any atom is -0.396 e. The fourth-order valence-electron chi connectivity index (χ4n) is 2.96. The van der Waals surface area contributed by atoms with Crippen molar-refractivity contribution in [2.45, 2.75) is 39.7 Å². The molecule has 1 fully saturated rings. The van der Waals surface area contributed by atoms with Gasteiger partial charge in [0, 0.05) is 37.7 Å². The number of nitrogens with zero attached hydrogens (tertiary/aromatic N) is 3. The van der Waals surface area contributed by atoms with Gasteiger partial charge in [0.2, 0.25) is 0 Å². The predicted molar refractivity (Wildman–Crippen MR) is 77.3 cm³/mol.